The molecule has 246 valence electrons. The number of aliphatic hydroxyl groups excluding tert-OH is 1. The van der Waals surface area contributed by atoms with Crippen LogP contribution in [0.15, 0.2) is 0 Å². The molecule has 3 nitrogen and oxygen atoms in total. The number of rotatable bonds is 30. The molecule has 0 aromatic rings. The van der Waals surface area contributed by atoms with Crippen LogP contribution in [0.1, 0.15) is 176 Å². The van der Waals surface area contributed by atoms with Gasteiger partial charge in [0.05, 0.1) is 13.2 Å². The first-order valence-electron chi connectivity index (χ1n) is 18.6. The van der Waals surface area contributed by atoms with E-state index in [0.717, 1.165) is 55.6 Å². The Kier molecular flexibility index (Phi) is 25.0. The van der Waals surface area contributed by atoms with Gasteiger partial charge in [-0.05, 0) is 67.6 Å². The van der Waals surface area contributed by atoms with E-state index in [4.69, 9.17) is 9.47 Å². The first-order valence-corrected chi connectivity index (χ1v) is 18.6. The van der Waals surface area contributed by atoms with Gasteiger partial charge < -0.3 is 14.6 Å². The summed E-state index contributed by atoms with van der Waals surface area (Å²) >= 11 is 0. The summed E-state index contributed by atoms with van der Waals surface area (Å²) in [6.07, 6.45) is 28.8. The highest BCUT2D eigenvalue weighted by atomic mass is 16.5. The van der Waals surface area contributed by atoms with Crippen LogP contribution >= 0.6 is 0 Å². The maximum absolute atomic E-state index is 9.73. The number of hydrogen-bond donors (Lipinski definition) is 1. The van der Waals surface area contributed by atoms with Crippen molar-refractivity contribution in [2.45, 2.75) is 182 Å². The zero-order chi connectivity index (χ0) is 30.1. The molecule has 0 amide bonds. The minimum absolute atomic E-state index is 0.0587. The van der Waals surface area contributed by atoms with Gasteiger partial charge in [-0.2, -0.15) is 0 Å². The molecule has 0 aromatic heterocycles. The van der Waals surface area contributed by atoms with E-state index in [1.165, 1.54) is 122 Å². The van der Waals surface area contributed by atoms with E-state index in [-0.39, 0.29) is 12.7 Å². The van der Waals surface area contributed by atoms with Crippen molar-refractivity contribution >= 4 is 0 Å². The molecule has 1 fully saturated rings. The molecule has 1 aliphatic carbocycles. The Morgan fingerprint density at radius 3 is 1.78 bits per heavy atom. The third-order valence-electron chi connectivity index (χ3n) is 9.86. The van der Waals surface area contributed by atoms with Crippen LogP contribution in [0.2, 0.25) is 0 Å². The van der Waals surface area contributed by atoms with E-state index in [9.17, 15) is 5.11 Å². The lowest BCUT2D eigenvalue weighted by atomic mass is 9.69. The minimum Gasteiger partial charge on any atom is -0.394 e. The summed E-state index contributed by atoms with van der Waals surface area (Å²) in [6, 6.07) is 0. The predicted molar refractivity (Wildman–Crippen MR) is 180 cm³/mol. The van der Waals surface area contributed by atoms with Gasteiger partial charge in [0.25, 0.3) is 0 Å². The topological polar surface area (TPSA) is 38.7 Å². The summed E-state index contributed by atoms with van der Waals surface area (Å²) in [6.45, 7) is 16.2. The second-order valence-electron chi connectivity index (χ2n) is 15.0. The molecule has 0 bridgehead atoms. The highest BCUT2D eigenvalue weighted by Gasteiger charge is 2.29. The first kappa shape index (κ1) is 38.9. The third-order valence-corrected chi connectivity index (χ3v) is 9.86. The van der Waals surface area contributed by atoms with Crippen LogP contribution in [-0.2, 0) is 9.47 Å². The van der Waals surface area contributed by atoms with Gasteiger partial charge in [-0.1, -0.05) is 144 Å². The van der Waals surface area contributed by atoms with Gasteiger partial charge >= 0.3 is 0 Å². The maximum Gasteiger partial charge on any atom is 0.104 e. The van der Waals surface area contributed by atoms with Crippen molar-refractivity contribution in [3.05, 3.63) is 0 Å². The number of ether oxygens (including phenoxy) is 2. The lowest BCUT2D eigenvalue weighted by Crippen LogP contribution is -2.27. The van der Waals surface area contributed by atoms with E-state index in [2.05, 4.69) is 41.5 Å². The Balaban J connectivity index is 1.92. The summed E-state index contributed by atoms with van der Waals surface area (Å²) < 4.78 is 11.9. The summed E-state index contributed by atoms with van der Waals surface area (Å²) in [5.74, 6) is 5.17. The van der Waals surface area contributed by atoms with Gasteiger partial charge in [-0.25, -0.2) is 0 Å². The highest BCUT2D eigenvalue weighted by Crippen LogP contribution is 2.41. The van der Waals surface area contributed by atoms with Crippen LogP contribution in [-0.4, -0.2) is 37.6 Å². The number of unbranched alkanes of at least 4 members (excludes halogenated alkanes) is 8. The Labute approximate surface area is 258 Å². The average Bonchev–Trinajstić information content (AvgIpc) is 2.91. The number of aliphatic hydroxyl groups is 1. The number of hydrogen-bond acceptors (Lipinski definition) is 3. The maximum atomic E-state index is 9.73. The summed E-state index contributed by atoms with van der Waals surface area (Å²) in [5, 5.41) is 9.73. The third kappa shape index (κ3) is 23.0. The van der Waals surface area contributed by atoms with Gasteiger partial charge in [0, 0.05) is 13.2 Å². The largest absolute Gasteiger partial charge is 0.394 e. The molecule has 4 atom stereocenters. The van der Waals surface area contributed by atoms with Crippen molar-refractivity contribution < 1.29 is 14.6 Å². The molecule has 1 saturated carbocycles. The average molecular weight is 581 g/mol. The summed E-state index contributed by atoms with van der Waals surface area (Å²) in [7, 11) is 0. The van der Waals surface area contributed by atoms with Crippen molar-refractivity contribution in [3.63, 3.8) is 0 Å². The van der Waals surface area contributed by atoms with E-state index in [1.54, 1.807) is 0 Å². The molecule has 0 heterocycles. The molecule has 0 saturated heterocycles. The molecule has 0 aliphatic heterocycles. The zero-order valence-corrected chi connectivity index (χ0v) is 29.0. The molecule has 0 aromatic carbocycles. The summed E-state index contributed by atoms with van der Waals surface area (Å²) in [4.78, 5) is 0. The van der Waals surface area contributed by atoms with Crippen LogP contribution in [0, 0.1) is 35.5 Å². The monoisotopic (exact) mass is 581 g/mol. The van der Waals surface area contributed by atoms with Crippen molar-refractivity contribution in [1.82, 2.24) is 0 Å². The van der Waals surface area contributed by atoms with Gasteiger partial charge in [0.1, 0.15) is 6.10 Å². The fraction of sp³-hybridized carbons (Fsp3) is 1.00. The lowest BCUT2D eigenvalue weighted by molar-refractivity contribution is -0.0477. The molecule has 41 heavy (non-hydrogen) atoms. The van der Waals surface area contributed by atoms with E-state index < -0.39 is 0 Å². The van der Waals surface area contributed by atoms with Crippen molar-refractivity contribution in [2.24, 2.45) is 35.5 Å². The van der Waals surface area contributed by atoms with Gasteiger partial charge in [0.15, 0.2) is 0 Å². The first-order chi connectivity index (χ1) is 19.8. The molecule has 0 unspecified atom stereocenters. The second kappa shape index (κ2) is 26.3. The highest BCUT2D eigenvalue weighted by molar-refractivity contribution is 4.80. The van der Waals surface area contributed by atoms with Gasteiger partial charge in [0.2, 0.25) is 0 Å². The van der Waals surface area contributed by atoms with Crippen LogP contribution < -0.4 is 0 Å². The van der Waals surface area contributed by atoms with E-state index >= 15 is 0 Å². The Morgan fingerprint density at radius 2 is 1.17 bits per heavy atom. The second-order valence-corrected chi connectivity index (χ2v) is 15.0. The smallest absolute Gasteiger partial charge is 0.104 e. The minimum atomic E-state index is -0.170. The fourth-order valence-corrected chi connectivity index (χ4v) is 6.89. The fourth-order valence-electron chi connectivity index (χ4n) is 6.89. The van der Waals surface area contributed by atoms with Crippen LogP contribution in [0.4, 0.5) is 0 Å². The van der Waals surface area contributed by atoms with Crippen molar-refractivity contribution in [1.29, 1.82) is 0 Å². The lowest BCUT2D eigenvalue weighted by Gasteiger charge is -2.37. The molecular formula is C38H76O3. The van der Waals surface area contributed by atoms with Crippen LogP contribution in [0.5, 0.6) is 0 Å². The van der Waals surface area contributed by atoms with E-state index in [0.29, 0.717) is 12.5 Å². The Morgan fingerprint density at radius 1 is 0.610 bits per heavy atom. The molecule has 1 aliphatic rings. The van der Waals surface area contributed by atoms with E-state index in [1.807, 2.05) is 0 Å². The molecular weight excluding hydrogens is 504 g/mol. The molecule has 1 rings (SSSR count). The van der Waals surface area contributed by atoms with Gasteiger partial charge in [-0.3, -0.25) is 0 Å². The quantitative estimate of drug-likeness (QED) is 0.0859. The van der Waals surface area contributed by atoms with Gasteiger partial charge in [-0.15, -0.1) is 0 Å². The molecule has 1 N–H and O–H groups in total. The summed E-state index contributed by atoms with van der Waals surface area (Å²) in [5.41, 5.74) is 0. The van der Waals surface area contributed by atoms with Crippen LogP contribution in [0.25, 0.3) is 0 Å². The zero-order valence-electron chi connectivity index (χ0n) is 29.0. The Bertz CT molecular complexity index is 544. The molecule has 0 radical (unpaired) electrons. The van der Waals surface area contributed by atoms with Crippen molar-refractivity contribution in [2.75, 3.05) is 26.4 Å². The predicted octanol–water partition coefficient (Wildman–Crippen LogP) is 11.4. The standard InChI is InChI=1S/C38H76O3/c1-7-18-33(4)20-15-11-9-12-16-21-34(5)23-25-40-31-38(30-39)41-26-24-35(6)27-37-28-36(29-37)22-17-13-8-10-14-19-32(2)3/h32-39H,7-31H2,1-6H3/t33-,34-,35-,36?,37?,38+/m0/s1. The Hall–Kier alpha value is -0.120. The normalized spacial score (nSPS) is 20.2. The SMILES string of the molecule is CCC[C@H](C)CCCCCCC[C@H](C)CCOC[C@@H](CO)OCC[C@H](C)CC1CC(CCCCCCCC(C)C)C1. The molecule has 0 spiro atoms. The molecule has 3 heteroatoms. The van der Waals surface area contributed by atoms with Crippen molar-refractivity contribution in [3.8, 4) is 0 Å². The van der Waals surface area contributed by atoms with Crippen LogP contribution in [0.3, 0.4) is 0 Å².